The molecule has 0 saturated carbocycles. The summed E-state index contributed by atoms with van der Waals surface area (Å²) in [7, 11) is 0. The lowest BCUT2D eigenvalue weighted by Crippen LogP contribution is -2.21. The number of para-hydroxylation sites is 2. The molecule has 8 heteroatoms. The van der Waals surface area contributed by atoms with Crippen molar-refractivity contribution >= 4 is 17.4 Å². The van der Waals surface area contributed by atoms with E-state index in [1.807, 2.05) is 25.1 Å². The number of rotatable bonds is 7. The molecule has 1 amide bonds. The molecule has 0 saturated heterocycles. The van der Waals surface area contributed by atoms with Crippen molar-refractivity contribution in [3.05, 3.63) is 59.9 Å². The molecule has 0 aliphatic carbocycles. The lowest BCUT2D eigenvalue weighted by molar-refractivity contribution is -0.118. The number of carbonyl (C=O) groups is 2. The van der Waals surface area contributed by atoms with Crippen LogP contribution < -0.4 is 10.1 Å². The van der Waals surface area contributed by atoms with Crippen LogP contribution in [0.5, 0.6) is 5.75 Å². The summed E-state index contributed by atoms with van der Waals surface area (Å²) < 4.78 is 7.09. The standard InChI is InChI=1S/C19H19N5O3/c1-3-18-21-22-23-24(18)17-10-5-4-9-16(17)20-19(26)12-27-15-8-6-7-14(11-15)13(2)25/h4-11H,3,12H2,1-2H3,(H,20,26). The maximum atomic E-state index is 12.3. The minimum Gasteiger partial charge on any atom is -0.484 e. The normalized spacial score (nSPS) is 10.4. The maximum absolute atomic E-state index is 12.3. The molecule has 3 rings (SSSR count). The van der Waals surface area contributed by atoms with E-state index in [4.69, 9.17) is 4.74 Å². The molecule has 3 aromatic rings. The lowest BCUT2D eigenvalue weighted by Gasteiger charge is -2.12. The highest BCUT2D eigenvalue weighted by molar-refractivity contribution is 5.95. The first-order valence-electron chi connectivity index (χ1n) is 8.48. The second-order valence-corrected chi connectivity index (χ2v) is 5.80. The van der Waals surface area contributed by atoms with E-state index in [0.717, 1.165) is 0 Å². The molecule has 138 valence electrons. The third kappa shape index (κ3) is 4.35. The average molecular weight is 365 g/mol. The van der Waals surface area contributed by atoms with Gasteiger partial charge in [-0.2, -0.15) is 4.68 Å². The van der Waals surface area contributed by atoms with E-state index in [1.165, 1.54) is 6.92 Å². The predicted octanol–water partition coefficient (Wildman–Crippen LogP) is 2.44. The van der Waals surface area contributed by atoms with Crippen molar-refractivity contribution in [2.45, 2.75) is 20.3 Å². The van der Waals surface area contributed by atoms with Crippen molar-refractivity contribution in [3.8, 4) is 11.4 Å². The van der Waals surface area contributed by atoms with Crippen LogP contribution in [0.3, 0.4) is 0 Å². The highest BCUT2D eigenvalue weighted by atomic mass is 16.5. The Labute approximate surface area is 156 Å². The fourth-order valence-corrected chi connectivity index (χ4v) is 2.52. The first-order chi connectivity index (χ1) is 13.1. The van der Waals surface area contributed by atoms with Crippen LogP contribution in [0, 0.1) is 0 Å². The van der Waals surface area contributed by atoms with Crippen molar-refractivity contribution in [1.29, 1.82) is 0 Å². The predicted molar refractivity (Wildman–Crippen MR) is 99.1 cm³/mol. The van der Waals surface area contributed by atoms with Crippen molar-refractivity contribution in [1.82, 2.24) is 20.2 Å². The number of aromatic nitrogens is 4. The zero-order chi connectivity index (χ0) is 19.2. The van der Waals surface area contributed by atoms with Crippen LogP contribution in [0.2, 0.25) is 0 Å². The number of carbonyl (C=O) groups excluding carboxylic acids is 2. The fraction of sp³-hybridized carbons (Fsp3) is 0.211. The third-order valence-corrected chi connectivity index (χ3v) is 3.87. The molecule has 0 aliphatic rings. The number of tetrazole rings is 1. The number of ether oxygens (including phenoxy) is 1. The summed E-state index contributed by atoms with van der Waals surface area (Å²) in [5.74, 6) is 0.752. The molecule has 0 spiro atoms. The van der Waals surface area contributed by atoms with Gasteiger partial charge in [0.25, 0.3) is 5.91 Å². The molecular weight excluding hydrogens is 346 g/mol. The Bertz CT molecular complexity index is 967. The number of benzene rings is 2. The van der Waals surface area contributed by atoms with Gasteiger partial charge in [-0.15, -0.1) is 5.10 Å². The Hall–Kier alpha value is -3.55. The summed E-state index contributed by atoms with van der Waals surface area (Å²) in [4.78, 5) is 23.7. The molecule has 1 heterocycles. The Morgan fingerprint density at radius 1 is 1.15 bits per heavy atom. The minimum atomic E-state index is -0.332. The molecular formula is C19H19N5O3. The minimum absolute atomic E-state index is 0.0630. The van der Waals surface area contributed by atoms with Gasteiger partial charge in [-0.3, -0.25) is 9.59 Å². The van der Waals surface area contributed by atoms with Gasteiger partial charge in [-0.05, 0) is 41.6 Å². The highest BCUT2D eigenvalue weighted by Crippen LogP contribution is 2.20. The second kappa shape index (κ2) is 8.22. The molecule has 27 heavy (non-hydrogen) atoms. The number of amides is 1. The summed E-state index contributed by atoms with van der Waals surface area (Å²) >= 11 is 0. The summed E-state index contributed by atoms with van der Waals surface area (Å²) in [6.07, 6.45) is 0.658. The van der Waals surface area contributed by atoms with Gasteiger partial charge < -0.3 is 10.1 Å². The van der Waals surface area contributed by atoms with Crippen molar-refractivity contribution in [2.75, 3.05) is 11.9 Å². The van der Waals surface area contributed by atoms with Crippen LogP contribution in [-0.2, 0) is 11.2 Å². The van der Waals surface area contributed by atoms with Crippen molar-refractivity contribution < 1.29 is 14.3 Å². The van der Waals surface area contributed by atoms with Crippen LogP contribution in [0.1, 0.15) is 30.0 Å². The number of nitrogens with zero attached hydrogens (tertiary/aromatic N) is 4. The van der Waals surface area contributed by atoms with E-state index in [0.29, 0.717) is 34.9 Å². The largest absolute Gasteiger partial charge is 0.484 e. The number of nitrogens with one attached hydrogen (secondary N) is 1. The zero-order valence-electron chi connectivity index (χ0n) is 15.0. The topological polar surface area (TPSA) is 99.0 Å². The molecule has 0 unspecified atom stereocenters. The first-order valence-corrected chi connectivity index (χ1v) is 8.48. The van der Waals surface area contributed by atoms with Crippen molar-refractivity contribution in [2.24, 2.45) is 0 Å². The number of hydrogen-bond acceptors (Lipinski definition) is 6. The number of aryl methyl sites for hydroxylation is 1. The molecule has 0 bridgehead atoms. The molecule has 2 aromatic carbocycles. The molecule has 0 fully saturated rings. The van der Waals surface area contributed by atoms with Gasteiger partial charge in [0.05, 0.1) is 11.4 Å². The van der Waals surface area contributed by atoms with E-state index in [2.05, 4.69) is 20.8 Å². The maximum Gasteiger partial charge on any atom is 0.262 e. The Balaban J connectivity index is 1.70. The van der Waals surface area contributed by atoms with Crippen molar-refractivity contribution in [3.63, 3.8) is 0 Å². The molecule has 1 N–H and O–H groups in total. The molecule has 0 radical (unpaired) electrons. The molecule has 8 nitrogen and oxygen atoms in total. The second-order valence-electron chi connectivity index (χ2n) is 5.80. The lowest BCUT2D eigenvalue weighted by atomic mass is 10.1. The van der Waals surface area contributed by atoms with Gasteiger partial charge in [0.2, 0.25) is 0 Å². The Morgan fingerprint density at radius 3 is 2.74 bits per heavy atom. The number of Topliss-reactive ketones (excluding diaryl/α,β-unsaturated/α-hetero) is 1. The van der Waals surface area contributed by atoms with Crippen LogP contribution in [0.15, 0.2) is 48.5 Å². The number of ketones is 1. The monoisotopic (exact) mass is 365 g/mol. The van der Waals surface area contributed by atoms with E-state index in [1.54, 1.807) is 35.0 Å². The third-order valence-electron chi connectivity index (χ3n) is 3.87. The fourth-order valence-electron chi connectivity index (χ4n) is 2.52. The van der Waals surface area contributed by atoms with Crippen LogP contribution in [-0.4, -0.2) is 38.5 Å². The Kier molecular flexibility index (Phi) is 5.55. The molecule has 1 aromatic heterocycles. The van der Waals surface area contributed by atoms with Gasteiger partial charge in [0, 0.05) is 12.0 Å². The van der Waals surface area contributed by atoms with Crippen LogP contribution in [0.4, 0.5) is 5.69 Å². The quantitative estimate of drug-likeness (QED) is 0.646. The van der Waals surface area contributed by atoms with Gasteiger partial charge in [0.1, 0.15) is 5.75 Å². The highest BCUT2D eigenvalue weighted by Gasteiger charge is 2.13. The van der Waals surface area contributed by atoms with Gasteiger partial charge >= 0.3 is 0 Å². The summed E-state index contributed by atoms with van der Waals surface area (Å²) in [6.45, 7) is 3.24. The summed E-state index contributed by atoms with van der Waals surface area (Å²) in [6, 6.07) is 14.0. The smallest absolute Gasteiger partial charge is 0.262 e. The number of hydrogen-bond donors (Lipinski definition) is 1. The van der Waals surface area contributed by atoms with E-state index in [-0.39, 0.29) is 18.3 Å². The van der Waals surface area contributed by atoms with E-state index in [9.17, 15) is 9.59 Å². The van der Waals surface area contributed by atoms with Gasteiger partial charge in [-0.25, -0.2) is 0 Å². The average Bonchev–Trinajstić information content (AvgIpc) is 3.15. The van der Waals surface area contributed by atoms with E-state index < -0.39 is 0 Å². The first kappa shape index (κ1) is 18.2. The Morgan fingerprint density at radius 2 is 1.96 bits per heavy atom. The molecule has 0 atom stereocenters. The van der Waals surface area contributed by atoms with Crippen LogP contribution >= 0.6 is 0 Å². The van der Waals surface area contributed by atoms with E-state index >= 15 is 0 Å². The summed E-state index contributed by atoms with van der Waals surface area (Å²) in [5.41, 5.74) is 1.78. The van der Waals surface area contributed by atoms with Gasteiger partial charge in [0.15, 0.2) is 18.2 Å². The van der Waals surface area contributed by atoms with Crippen LogP contribution in [0.25, 0.3) is 5.69 Å². The SMILES string of the molecule is CCc1nnnn1-c1ccccc1NC(=O)COc1cccc(C(C)=O)c1. The zero-order valence-corrected chi connectivity index (χ0v) is 15.0. The van der Waals surface area contributed by atoms with Gasteiger partial charge in [-0.1, -0.05) is 31.2 Å². The number of anilines is 1. The molecule has 0 aliphatic heterocycles. The summed E-state index contributed by atoms with van der Waals surface area (Å²) in [5, 5.41) is 14.4.